The largest absolute Gasteiger partial charge is 0.457 e. The van der Waals surface area contributed by atoms with Gasteiger partial charge in [-0.05, 0) is 72.6 Å². The molecule has 0 aromatic heterocycles. The first kappa shape index (κ1) is 22.6. The fraction of sp³-hybridized carbons (Fsp3) is 0.208. The van der Waals surface area contributed by atoms with Crippen LogP contribution in [0.3, 0.4) is 0 Å². The maximum atomic E-state index is 13.3. The Bertz CT molecular complexity index is 1120. The average molecular weight is 478 g/mol. The number of hydrogen-bond donors (Lipinski definition) is 0. The van der Waals surface area contributed by atoms with Crippen molar-refractivity contribution >= 4 is 35.0 Å². The minimum absolute atomic E-state index is 0.152. The summed E-state index contributed by atoms with van der Waals surface area (Å²) in [5.41, 5.74) is 0.323. The van der Waals surface area contributed by atoms with Crippen LogP contribution in [-0.4, -0.2) is 11.7 Å². The summed E-state index contributed by atoms with van der Waals surface area (Å²) in [6.45, 7) is 1.87. The van der Waals surface area contributed by atoms with E-state index in [0.717, 1.165) is 12.1 Å². The summed E-state index contributed by atoms with van der Waals surface area (Å²) >= 11 is 7.24. The van der Waals surface area contributed by atoms with Crippen LogP contribution >= 0.6 is 23.4 Å². The molecule has 0 aliphatic carbocycles. The molecular weight excluding hydrogens is 459 g/mol. The molecule has 166 valence electrons. The van der Waals surface area contributed by atoms with Gasteiger partial charge in [-0.3, -0.25) is 9.69 Å². The van der Waals surface area contributed by atoms with Gasteiger partial charge in [0, 0.05) is 10.7 Å². The van der Waals surface area contributed by atoms with Gasteiger partial charge in [-0.15, -0.1) is 11.8 Å². The first-order valence-corrected chi connectivity index (χ1v) is 11.3. The molecule has 4 rings (SSSR count). The van der Waals surface area contributed by atoms with Crippen LogP contribution < -0.4 is 9.64 Å². The third-order valence-corrected chi connectivity index (χ3v) is 7.14. The summed E-state index contributed by atoms with van der Waals surface area (Å²) < 4.78 is 45.8. The second kappa shape index (κ2) is 8.71. The van der Waals surface area contributed by atoms with Crippen LogP contribution in [-0.2, 0) is 15.8 Å². The highest BCUT2D eigenvalue weighted by molar-refractivity contribution is 8.01. The zero-order valence-electron chi connectivity index (χ0n) is 17.0. The topological polar surface area (TPSA) is 29.5 Å². The molecule has 0 spiro atoms. The molecule has 3 aromatic rings. The Labute approximate surface area is 193 Å². The van der Waals surface area contributed by atoms with Crippen LogP contribution in [0.4, 0.5) is 18.9 Å². The number of carbonyl (C=O) groups excluding carboxylic acids is 1. The number of amides is 1. The fourth-order valence-electron chi connectivity index (χ4n) is 3.78. The van der Waals surface area contributed by atoms with Crippen molar-refractivity contribution in [2.75, 3.05) is 10.7 Å². The SMILES string of the molecule is CCC1(c2cccc(C(F)(F)F)c2)SCC(=O)N1c1ccc(Oc2ccc(Cl)cc2)cc1. The summed E-state index contributed by atoms with van der Waals surface area (Å²) in [7, 11) is 0. The molecule has 8 heteroatoms. The van der Waals surface area contributed by atoms with Gasteiger partial charge in [0.15, 0.2) is 0 Å². The normalized spacial score (nSPS) is 18.8. The van der Waals surface area contributed by atoms with Gasteiger partial charge in [-0.2, -0.15) is 13.2 Å². The molecule has 1 saturated heterocycles. The van der Waals surface area contributed by atoms with Crippen LogP contribution in [0.1, 0.15) is 24.5 Å². The molecule has 32 heavy (non-hydrogen) atoms. The van der Waals surface area contributed by atoms with Gasteiger partial charge in [0.2, 0.25) is 5.91 Å². The first-order valence-electron chi connectivity index (χ1n) is 9.91. The van der Waals surface area contributed by atoms with E-state index in [2.05, 4.69) is 0 Å². The molecule has 0 radical (unpaired) electrons. The number of carbonyl (C=O) groups is 1. The lowest BCUT2D eigenvalue weighted by molar-refractivity contribution is -0.137. The highest BCUT2D eigenvalue weighted by Crippen LogP contribution is 2.50. The lowest BCUT2D eigenvalue weighted by Crippen LogP contribution is -2.42. The van der Waals surface area contributed by atoms with Crippen molar-refractivity contribution in [1.82, 2.24) is 0 Å². The number of nitrogens with zero attached hydrogens (tertiary/aromatic N) is 1. The Kier molecular flexibility index (Phi) is 6.14. The van der Waals surface area contributed by atoms with E-state index < -0.39 is 16.6 Å². The fourth-order valence-corrected chi connectivity index (χ4v) is 5.23. The molecule has 1 heterocycles. The van der Waals surface area contributed by atoms with Gasteiger partial charge < -0.3 is 4.74 Å². The van der Waals surface area contributed by atoms with E-state index in [1.807, 2.05) is 6.92 Å². The minimum atomic E-state index is -4.45. The van der Waals surface area contributed by atoms with E-state index in [4.69, 9.17) is 16.3 Å². The van der Waals surface area contributed by atoms with Gasteiger partial charge in [-0.25, -0.2) is 0 Å². The molecule has 3 nitrogen and oxygen atoms in total. The van der Waals surface area contributed by atoms with Gasteiger partial charge in [-0.1, -0.05) is 30.7 Å². The number of halogens is 4. The van der Waals surface area contributed by atoms with Crippen molar-refractivity contribution in [1.29, 1.82) is 0 Å². The predicted octanol–water partition coefficient (Wildman–Crippen LogP) is 7.49. The summed E-state index contributed by atoms with van der Waals surface area (Å²) in [4.78, 5) is 13.5. The van der Waals surface area contributed by atoms with Crippen LogP contribution in [0, 0.1) is 0 Å². The smallest absolute Gasteiger partial charge is 0.416 e. The van der Waals surface area contributed by atoms with Crippen LogP contribution in [0.25, 0.3) is 0 Å². The first-order chi connectivity index (χ1) is 15.2. The number of rotatable bonds is 5. The Balaban J connectivity index is 1.66. The molecule has 1 unspecified atom stereocenters. The van der Waals surface area contributed by atoms with Crippen molar-refractivity contribution in [2.45, 2.75) is 24.4 Å². The Morgan fingerprint density at radius 3 is 2.25 bits per heavy atom. The molecule has 3 aromatic carbocycles. The summed E-state index contributed by atoms with van der Waals surface area (Å²) in [6.07, 6.45) is -4.00. The van der Waals surface area contributed by atoms with Crippen molar-refractivity contribution in [2.24, 2.45) is 0 Å². The molecule has 1 fully saturated rings. The third-order valence-electron chi connectivity index (χ3n) is 5.31. The van der Waals surface area contributed by atoms with Crippen LogP contribution in [0.15, 0.2) is 72.8 Å². The second-order valence-electron chi connectivity index (χ2n) is 7.28. The Morgan fingerprint density at radius 2 is 1.66 bits per heavy atom. The number of alkyl halides is 3. The summed E-state index contributed by atoms with van der Waals surface area (Å²) in [5, 5.41) is 0.600. The predicted molar refractivity (Wildman–Crippen MR) is 121 cm³/mol. The van der Waals surface area contributed by atoms with E-state index in [0.29, 0.717) is 34.2 Å². The van der Waals surface area contributed by atoms with Crippen LogP contribution in [0.5, 0.6) is 11.5 Å². The second-order valence-corrected chi connectivity index (χ2v) is 8.97. The Morgan fingerprint density at radius 1 is 1.03 bits per heavy atom. The van der Waals surface area contributed by atoms with Gasteiger partial charge >= 0.3 is 6.18 Å². The van der Waals surface area contributed by atoms with Crippen molar-refractivity contribution < 1.29 is 22.7 Å². The third kappa shape index (κ3) is 4.32. The van der Waals surface area contributed by atoms with Gasteiger partial charge in [0.05, 0.1) is 11.3 Å². The number of thioether (sulfide) groups is 1. The van der Waals surface area contributed by atoms with E-state index in [1.54, 1.807) is 59.5 Å². The molecule has 0 bridgehead atoms. The van der Waals surface area contributed by atoms with E-state index in [1.165, 1.54) is 17.8 Å². The number of benzene rings is 3. The quantitative estimate of drug-likeness (QED) is 0.381. The summed E-state index contributed by atoms with van der Waals surface area (Å²) in [6, 6.07) is 19.1. The highest BCUT2D eigenvalue weighted by Gasteiger charge is 2.47. The lowest BCUT2D eigenvalue weighted by Gasteiger charge is -2.37. The molecule has 0 saturated carbocycles. The number of hydrogen-bond acceptors (Lipinski definition) is 3. The van der Waals surface area contributed by atoms with E-state index in [-0.39, 0.29) is 11.7 Å². The summed E-state index contributed by atoms with van der Waals surface area (Å²) in [5.74, 6) is 1.21. The van der Waals surface area contributed by atoms with E-state index >= 15 is 0 Å². The maximum Gasteiger partial charge on any atom is 0.416 e. The molecule has 1 amide bonds. The minimum Gasteiger partial charge on any atom is -0.457 e. The highest BCUT2D eigenvalue weighted by atomic mass is 35.5. The van der Waals surface area contributed by atoms with Crippen molar-refractivity contribution in [3.8, 4) is 11.5 Å². The molecule has 1 aliphatic rings. The average Bonchev–Trinajstić information content (AvgIpc) is 3.13. The van der Waals surface area contributed by atoms with Crippen LogP contribution in [0.2, 0.25) is 5.02 Å². The lowest BCUT2D eigenvalue weighted by atomic mass is 9.98. The van der Waals surface area contributed by atoms with E-state index in [9.17, 15) is 18.0 Å². The van der Waals surface area contributed by atoms with Crippen molar-refractivity contribution in [3.05, 3.63) is 88.9 Å². The molecule has 0 N–H and O–H groups in total. The molecule has 1 atom stereocenters. The monoisotopic (exact) mass is 477 g/mol. The van der Waals surface area contributed by atoms with Crippen molar-refractivity contribution in [3.63, 3.8) is 0 Å². The zero-order valence-corrected chi connectivity index (χ0v) is 18.6. The maximum absolute atomic E-state index is 13.3. The number of anilines is 1. The van der Waals surface area contributed by atoms with Gasteiger partial charge in [0.25, 0.3) is 0 Å². The molecular formula is C24H19ClF3NO2S. The molecule has 1 aliphatic heterocycles. The Hall–Kier alpha value is -2.64. The zero-order chi connectivity index (χ0) is 22.9. The van der Waals surface area contributed by atoms with Gasteiger partial charge in [0.1, 0.15) is 16.4 Å². The standard InChI is InChI=1S/C24H19ClF3NO2S/c1-2-23(16-4-3-5-17(14-16)24(26,27)28)29(22(30)15-32-23)19-8-12-21(13-9-19)31-20-10-6-18(25)7-11-20/h3-14H,2,15H2,1H3. The number of ether oxygens (including phenoxy) is 1.